The highest BCUT2D eigenvalue weighted by Gasteiger charge is 2.31. The second-order valence-corrected chi connectivity index (χ2v) is 7.65. The van der Waals surface area contributed by atoms with Crippen LogP contribution >= 0.6 is 23.4 Å². The molecule has 0 spiro atoms. The fraction of sp³-hybridized carbons (Fsp3) is 0.350. The summed E-state index contributed by atoms with van der Waals surface area (Å²) in [6.07, 6.45) is -5.21. The molecule has 0 fully saturated rings. The van der Waals surface area contributed by atoms with Gasteiger partial charge in [-0.05, 0) is 49.9 Å². The molecule has 0 heterocycles. The van der Waals surface area contributed by atoms with E-state index in [0.717, 1.165) is 28.8 Å². The van der Waals surface area contributed by atoms with Crippen LogP contribution in [0.3, 0.4) is 0 Å². The molecule has 0 aliphatic heterocycles. The summed E-state index contributed by atoms with van der Waals surface area (Å²) >= 11 is 7.48. The third-order valence-electron chi connectivity index (χ3n) is 3.73. The molecule has 1 amide bonds. The molecule has 0 saturated carbocycles. The number of rotatable bonds is 8. The summed E-state index contributed by atoms with van der Waals surface area (Å²) in [5, 5.41) is 2.52. The number of alkyl halides is 3. The molecule has 0 bridgehead atoms. The molecule has 0 aliphatic carbocycles. The van der Waals surface area contributed by atoms with Crippen molar-refractivity contribution in [3.63, 3.8) is 0 Å². The Balaban J connectivity index is 2.27. The van der Waals surface area contributed by atoms with Crippen LogP contribution in [0.25, 0.3) is 0 Å². The van der Waals surface area contributed by atoms with Crippen molar-refractivity contribution in [3.8, 4) is 17.2 Å². The maximum atomic E-state index is 12.8. The van der Waals surface area contributed by atoms with E-state index in [2.05, 4.69) is 5.32 Å². The molecule has 0 aromatic heterocycles. The maximum Gasteiger partial charge on any atom is 0.416 e. The SMILES string of the molecule is CCNC(=O)C(C)Oc1cc(Oc2ccc(C(F)(F)F)cc2Cl)ccc1SCC. The van der Waals surface area contributed by atoms with Gasteiger partial charge in [-0.3, -0.25) is 4.79 Å². The zero-order valence-corrected chi connectivity index (χ0v) is 17.7. The molecule has 4 nitrogen and oxygen atoms in total. The lowest BCUT2D eigenvalue weighted by molar-refractivity contribution is -0.137. The minimum atomic E-state index is -4.49. The fourth-order valence-electron chi connectivity index (χ4n) is 2.37. The fourth-order valence-corrected chi connectivity index (χ4v) is 3.31. The van der Waals surface area contributed by atoms with E-state index in [0.29, 0.717) is 18.0 Å². The van der Waals surface area contributed by atoms with Gasteiger partial charge in [-0.1, -0.05) is 18.5 Å². The number of hydrogen-bond donors (Lipinski definition) is 1. The third-order valence-corrected chi connectivity index (χ3v) is 4.96. The van der Waals surface area contributed by atoms with Crippen molar-refractivity contribution in [2.75, 3.05) is 12.3 Å². The molecule has 1 atom stereocenters. The van der Waals surface area contributed by atoms with Crippen molar-refractivity contribution in [1.82, 2.24) is 5.32 Å². The second-order valence-electron chi connectivity index (χ2n) is 5.94. The lowest BCUT2D eigenvalue weighted by Gasteiger charge is -2.18. The van der Waals surface area contributed by atoms with Crippen molar-refractivity contribution in [1.29, 1.82) is 0 Å². The van der Waals surface area contributed by atoms with E-state index < -0.39 is 17.8 Å². The summed E-state index contributed by atoms with van der Waals surface area (Å²) < 4.78 is 49.8. The summed E-state index contributed by atoms with van der Waals surface area (Å²) in [5.74, 6) is 1.38. The van der Waals surface area contributed by atoms with Crippen molar-refractivity contribution in [2.45, 2.75) is 37.9 Å². The molecule has 158 valence electrons. The molecular formula is C20H21ClF3NO3S. The number of thioether (sulfide) groups is 1. The van der Waals surface area contributed by atoms with Crippen LogP contribution in [-0.2, 0) is 11.0 Å². The van der Waals surface area contributed by atoms with Gasteiger partial charge in [-0.15, -0.1) is 11.8 Å². The number of amides is 1. The number of benzene rings is 2. The predicted molar refractivity (Wildman–Crippen MR) is 108 cm³/mol. The topological polar surface area (TPSA) is 47.6 Å². The minimum Gasteiger partial charge on any atom is -0.480 e. The van der Waals surface area contributed by atoms with Crippen LogP contribution in [0.15, 0.2) is 41.3 Å². The molecule has 2 aromatic carbocycles. The summed E-state index contributed by atoms with van der Waals surface area (Å²) in [6, 6.07) is 7.89. The van der Waals surface area contributed by atoms with Crippen LogP contribution in [0, 0.1) is 0 Å². The van der Waals surface area contributed by atoms with Crippen molar-refractivity contribution >= 4 is 29.3 Å². The Bertz CT molecular complexity index is 861. The minimum absolute atomic E-state index is 0.0817. The van der Waals surface area contributed by atoms with Gasteiger partial charge in [-0.2, -0.15) is 13.2 Å². The zero-order valence-electron chi connectivity index (χ0n) is 16.1. The number of carbonyl (C=O) groups is 1. The van der Waals surface area contributed by atoms with Crippen LogP contribution in [0.2, 0.25) is 5.02 Å². The summed E-state index contributed by atoms with van der Waals surface area (Å²) in [6.45, 7) is 5.91. The van der Waals surface area contributed by atoms with Crippen LogP contribution < -0.4 is 14.8 Å². The highest BCUT2D eigenvalue weighted by molar-refractivity contribution is 7.99. The summed E-state index contributed by atoms with van der Waals surface area (Å²) in [5.41, 5.74) is -0.857. The summed E-state index contributed by atoms with van der Waals surface area (Å²) in [4.78, 5) is 12.8. The van der Waals surface area contributed by atoms with Gasteiger partial charge in [0.15, 0.2) is 6.10 Å². The summed E-state index contributed by atoms with van der Waals surface area (Å²) in [7, 11) is 0. The standard InChI is InChI=1S/C20H21ClF3NO3S/c1-4-25-19(26)12(3)27-17-11-14(7-9-18(17)29-5-2)28-16-8-6-13(10-15(16)21)20(22,23)24/h6-12H,4-5H2,1-3H3,(H,25,26). The second kappa shape index (κ2) is 10.1. The Morgan fingerprint density at radius 3 is 2.48 bits per heavy atom. The first-order valence-electron chi connectivity index (χ1n) is 8.91. The molecule has 9 heteroatoms. The molecule has 2 aromatic rings. The van der Waals surface area contributed by atoms with Gasteiger partial charge in [0.25, 0.3) is 5.91 Å². The number of likely N-dealkylation sites (N-methyl/N-ethyl adjacent to an activating group) is 1. The number of carbonyl (C=O) groups excluding carboxylic acids is 1. The molecular weight excluding hydrogens is 427 g/mol. The predicted octanol–water partition coefficient (Wildman–Crippen LogP) is 6.17. The van der Waals surface area contributed by atoms with E-state index >= 15 is 0 Å². The van der Waals surface area contributed by atoms with Crippen LogP contribution in [0.1, 0.15) is 26.3 Å². The van der Waals surface area contributed by atoms with Crippen molar-refractivity contribution in [2.24, 2.45) is 0 Å². The van der Waals surface area contributed by atoms with E-state index in [9.17, 15) is 18.0 Å². The average Bonchev–Trinajstić information content (AvgIpc) is 2.65. The van der Waals surface area contributed by atoms with Crippen LogP contribution in [0.5, 0.6) is 17.2 Å². The van der Waals surface area contributed by atoms with Gasteiger partial charge in [-0.25, -0.2) is 0 Å². The van der Waals surface area contributed by atoms with Gasteiger partial charge >= 0.3 is 6.18 Å². The zero-order chi connectivity index (χ0) is 21.6. The number of hydrogen-bond acceptors (Lipinski definition) is 4. The lowest BCUT2D eigenvalue weighted by atomic mass is 10.2. The highest BCUT2D eigenvalue weighted by atomic mass is 35.5. The molecule has 0 aliphatic rings. The van der Waals surface area contributed by atoms with Gasteiger partial charge in [0.2, 0.25) is 0 Å². The first-order valence-corrected chi connectivity index (χ1v) is 10.3. The van der Waals surface area contributed by atoms with Gasteiger partial charge in [0.1, 0.15) is 17.2 Å². The quantitative estimate of drug-likeness (QED) is 0.492. The number of nitrogens with one attached hydrogen (secondary N) is 1. The van der Waals surface area contributed by atoms with E-state index in [4.69, 9.17) is 21.1 Å². The highest BCUT2D eigenvalue weighted by Crippen LogP contribution is 2.39. The van der Waals surface area contributed by atoms with Gasteiger partial charge in [0, 0.05) is 17.5 Å². The third kappa shape index (κ3) is 6.47. The molecule has 29 heavy (non-hydrogen) atoms. The maximum absolute atomic E-state index is 12.8. The smallest absolute Gasteiger partial charge is 0.416 e. The molecule has 2 rings (SSSR count). The van der Waals surface area contributed by atoms with Gasteiger partial charge in [0.05, 0.1) is 10.6 Å². The number of ether oxygens (including phenoxy) is 2. The monoisotopic (exact) mass is 447 g/mol. The van der Waals surface area contributed by atoms with Crippen molar-refractivity contribution in [3.05, 3.63) is 47.0 Å². The first kappa shape index (κ1) is 23.2. The van der Waals surface area contributed by atoms with E-state index in [1.165, 1.54) is 11.8 Å². The van der Waals surface area contributed by atoms with E-state index in [1.54, 1.807) is 25.1 Å². The van der Waals surface area contributed by atoms with Crippen LogP contribution in [0.4, 0.5) is 13.2 Å². The molecule has 1 unspecified atom stereocenters. The van der Waals surface area contributed by atoms with E-state index in [-0.39, 0.29) is 16.7 Å². The largest absolute Gasteiger partial charge is 0.480 e. The Hall–Kier alpha value is -2.06. The Labute approximate surface area is 176 Å². The van der Waals surface area contributed by atoms with Gasteiger partial charge < -0.3 is 14.8 Å². The average molecular weight is 448 g/mol. The normalized spacial score (nSPS) is 12.4. The Morgan fingerprint density at radius 2 is 1.90 bits per heavy atom. The van der Waals surface area contributed by atoms with E-state index in [1.807, 2.05) is 13.8 Å². The van der Waals surface area contributed by atoms with Crippen LogP contribution in [-0.4, -0.2) is 24.3 Å². The Kier molecular flexibility index (Phi) is 8.10. The number of halogens is 4. The molecule has 0 saturated heterocycles. The lowest BCUT2D eigenvalue weighted by Crippen LogP contribution is -2.36. The first-order chi connectivity index (χ1) is 13.7. The molecule has 0 radical (unpaired) electrons. The molecule has 1 N–H and O–H groups in total. The Morgan fingerprint density at radius 1 is 1.17 bits per heavy atom. The van der Waals surface area contributed by atoms with Crippen molar-refractivity contribution < 1.29 is 27.4 Å².